The van der Waals surface area contributed by atoms with Gasteiger partial charge in [-0.15, -0.1) is 0 Å². The number of esters is 1. The summed E-state index contributed by atoms with van der Waals surface area (Å²) in [6.45, 7) is 14.0. The third kappa shape index (κ3) is 5.88. The van der Waals surface area contributed by atoms with Crippen molar-refractivity contribution in [1.82, 2.24) is 4.90 Å². The summed E-state index contributed by atoms with van der Waals surface area (Å²) in [5.74, 6) is 0.877. The first-order valence-electron chi connectivity index (χ1n) is 11.6. The molecule has 1 heterocycles. The second-order valence-corrected chi connectivity index (χ2v) is 9.37. The Morgan fingerprint density at radius 2 is 1.74 bits per heavy atom. The van der Waals surface area contributed by atoms with Crippen LogP contribution in [0.5, 0.6) is 5.75 Å². The molecule has 2 aliphatic rings. The third-order valence-corrected chi connectivity index (χ3v) is 5.78. The number of hydrogen-bond acceptors (Lipinski definition) is 4. The fourth-order valence-corrected chi connectivity index (χ4v) is 4.19. The van der Waals surface area contributed by atoms with Crippen molar-refractivity contribution in [3.63, 3.8) is 0 Å². The molecule has 4 heteroatoms. The molecule has 4 nitrogen and oxygen atoms in total. The van der Waals surface area contributed by atoms with Gasteiger partial charge in [-0.2, -0.15) is 0 Å². The molecule has 0 N–H and O–H groups in total. The highest BCUT2D eigenvalue weighted by molar-refractivity contribution is 5.74. The Labute approximate surface area is 187 Å². The Kier molecular flexibility index (Phi) is 7.42. The second kappa shape index (κ2) is 9.86. The lowest BCUT2D eigenvalue weighted by atomic mass is 9.95. The molecule has 0 radical (unpaired) electrons. The van der Waals surface area contributed by atoms with Crippen molar-refractivity contribution in [2.75, 3.05) is 13.1 Å². The zero-order chi connectivity index (χ0) is 22.6. The molecule has 1 saturated heterocycles. The maximum Gasteiger partial charge on any atom is 0.312 e. The number of carbonyl (C=O) groups is 1. The average Bonchev–Trinajstić information content (AvgIpc) is 3.09. The summed E-state index contributed by atoms with van der Waals surface area (Å²) in [7, 11) is 0. The van der Waals surface area contributed by atoms with Crippen molar-refractivity contribution < 1.29 is 14.3 Å². The molecule has 1 aliphatic carbocycles. The molecule has 0 saturated carbocycles. The lowest BCUT2D eigenvalue weighted by molar-refractivity contribution is -0.167. The monoisotopic (exact) mass is 423 g/mol. The van der Waals surface area contributed by atoms with Gasteiger partial charge in [0.15, 0.2) is 0 Å². The summed E-state index contributed by atoms with van der Waals surface area (Å²) in [5, 5.41) is 0. The van der Waals surface area contributed by atoms with Crippen molar-refractivity contribution >= 4 is 5.97 Å². The SMILES string of the molecule is CC.Cc1ccc(COc2ccc3c(c2)CCC3N2CC(C(=O)OC(C)(C)C)C2)cc1. The van der Waals surface area contributed by atoms with Crippen LogP contribution in [0.1, 0.15) is 69.3 Å². The maximum absolute atomic E-state index is 12.2. The van der Waals surface area contributed by atoms with Crippen LogP contribution in [0.2, 0.25) is 0 Å². The first-order chi connectivity index (χ1) is 14.8. The van der Waals surface area contributed by atoms with Gasteiger partial charge < -0.3 is 9.47 Å². The number of carbonyl (C=O) groups excluding carboxylic acids is 1. The van der Waals surface area contributed by atoms with Gasteiger partial charge >= 0.3 is 5.97 Å². The average molecular weight is 424 g/mol. The molecule has 1 unspecified atom stereocenters. The molecule has 168 valence electrons. The summed E-state index contributed by atoms with van der Waals surface area (Å²) in [6.07, 6.45) is 2.17. The molecule has 0 aromatic heterocycles. The molecular weight excluding hydrogens is 386 g/mol. The van der Waals surface area contributed by atoms with Gasteiger partial charge in [-0.1, -0.05) is 49.7 Å². The van der Waals surface area contributed by atoms with E-state index in [0.29, 0.717) is 12.6 Å². The zero-order valence-corrected chi connectivity index (χ0v) is 19.9. The van der Waals surface area contributed by atoms with Gasteiger partial charge in [0, 0.05) is 19.1 Å². The van der Waals surface area contributed by atoms with E-state index in [9.17, 15) is 4.79 Å². The van der Waals surface area contributed by atoms with Crippen molar-refractivity contribution in [2.45, 2.75) is 72.6 Å². The topological polar surface area (TPSA) is 38.8 Å². The molecule has 4 rings (SSSR count). The van der Waals surface area contributed by atoms with E-state index < -0.39 is 5.60 Å². The summed E-state index contributed by atoms with van der Waals surface area (Å²) in [5.41, 5.74) is 4.79. The Bertz CT molecular complexity index is 876. The van der Waals surface area contributed by atoms with E-state index in [1.807, 2.05) is 34.6 Å². The first-order valence-corrected chi connectivity index (χ1v) is 11.6. The Morgan fingerprint density at radius 3 is 2.39 bits per heavy atom. The quantitative estimate of drug-likeness (QED) is 0.565. The lowest BCUT2D eigenvalue weighted by Crippen LogP contribution is -2.52. The Morgan fingerprint density at radius 1 is 1.06 bits per heavy atom. The summed E-state index contributed by atoms with van der Waals surface area (Å²) >= 11 is 0. The molecule has 0 spiro atoms. The lowest BCUT2D eigenvalue weighted by Gasteiger charge is -2.42. The van der Waals surface area contributed by atoms with E-state index in [2.05, 4.69) is 54.3 Å². The highest BCUT2D eigenvalue weighted by Crippen LogP contribution is 2.41. The van der Waals surface area contributed by atoms with E-state index in [0.717, 1.165) is 31.7 Å². The predicted molar refractivity (Wildman–Crippen MR) is 125 cm³/mol. The Hall–Kier alpha value is -2.33. The van der Waals surface area contributed by atoms with E-state index >= 15 is 0 Å². The van der Waals surface area contributed by atoms with Gasteiger partial charge in [0.25, 0.3) is 0 Å². The van der Waals surface area contributed by atoms with E-state index in [-0.39, 0.29) is 11.9 Å². The minimum atomic E-state index is -0.410. The van der Waals surface area contributed by atoms with Gasteiger partial charge in [-0.3, -0.25) is 9.69 Å². The smallest absolute Gasteiger partial charge is 0.312 e. The summed E-state index contributed by atoms with van der Waals surface area (Å²) in [6, 6.07) is 15.3. The van der Waals surface area contributed by atoms with E-state index in [4.69, 9.17) is 9.47 Å². The molecule has 1 atom stereocenters. The van der Waals surface area contributed by atoms with Crippen LogP contribution in [0.15, 0.2) is 42.5 Å². The van der Waals surface area contributed by atoms with Crippen LogP contribution in [0, 0.1) is 12.8 Å². The molecule has 31 heavy (non-hydrogen) atoms. The number of hydrogen-bond donors (Lipinski definition) is 0. The van der Waals surface area contributed by atoms with Crippen LogP contribution in [0.4, 0.5) is 0 Å². The van der Waals surface area contributed by atoms with Gasteiger partial charge in [-0.05, 0) is 69.4 Å². The number of aryl methyl sites for hydroxylation is 2. The third-order valence-electron chi connectivity index (χ3n) is 5.78. The number of fused-ring (bicyclic) bond motifs is 1. The van der Waals surface area contributed by atoms with Gasteiger partial charge in [-0.25, -0.2) is 0 Å². The standard InChI is InChI=1S/C25H31NO3.C2H6/c1-17-5-7-18(8-6-17)16-28-21-10-11-22-19(13-21)9-12-23(22)26-14-20(15-26)24(27)29-25(2,3)4;1-2/h5-8,10-11,13,20,23H,9,12,14-16H2,1-4H3;1-2H3. The van der Waals surface area contributed by atoms with Gasteiger partial charge in [0.2, 0.25) is 0 Å². The largest absolute Gasteiger partial charge is 0.489 e. The summed E-state index contributed by atoms with van der Waals surface area (Å²) < 4.78 is 11.5. The van der Waals surface area contributed by atoms with Crippen LogP contribution in [-0.4, -0.2) is 29.6 Å². The molecular formula is C27H37NO3. The van der Waals surface area contributed by atoms with Crippen LogP contribution in [0.25, 0.3) is 0 Å². The first kappa shape index (κ1) is 23.3. The predicted octanol–water partition coefficient (Wildman–Crippen LogP) is 5.86. The van der Waals surface area contributed by atoms with Crippen molar-refractivity contribution in [3.8, 4) is 5.75 Å². The molecule has 1 aliphatic heterocycles. The minimum Gasteiger partial charge on any atom is -0.489 e. The summed E-state index contributed by atoms with van der Waals surface area (Å²) in [4.78, 5) is 14.6. The van der Waals surface area contributed by atoms with Gasteiger partial charge in [0.1, 0.15) is 18.0 Å². The molecule has 0 bridgehead atoms. The van der Waals surface area contributed by atoms with Crippen molar-refractivity contribution in [2.24, 2.45) is 5.92 Å². The minimum absolute atomic E-state index is 0.00962. The van der Waals surface area contributed by atoms with E-state index in [1.165, 1.54) is 22.3 Å². The Balaban J connectivity index is 0.00000132. The number of nitrogens with zero attached hydrogens (tertiary/aromatic N) is 1. The number of rotatable bonds is 5. The zero-order valence-electron chi connectivity index (χ0n) is 19.9. The maximum atomic E-state index is 12.2. The highest BCUT2D eigenvalue weighted by atomic mass is 16.6. The molecule has 2 aromatic carbocycles. The van der Waals surface area contributed by atoms with Crippen LogP contribution < -0.4 is 4.74 Å². The van der Waals surface area contributed by atoms with Gasteiger partial charge in [0.05, 0.1) is 5.92 Å². The van der Waals surface area contributed by atoms with Crippen LogP contribution >= 0.6 is 0 Å². The fraction of sp³-hybridized carbons (Fsp3) is 0.519. The molecule has 1 fully saturated rings. The highest BCUT2D eigenvalue weighted by Gasteiger charge is 2.41. The van der Waals surface area contributed by atoms with Crippen LogP contribution in [0.3, 0.4) is 0 Å². The van der Waals surface area contributed by atoms with E-state index in [1.54, 1.807) is 0 Å². The van der Waals surface area contributed by atoms with Crippen molar-refractivity contribution in [3.05, 3.63) is 64.7 Å². The number of likely N-dealkylation sites (tertiary alicyclic amines) is 1. The van der Waals surface area contributed by atoms with Crippen LogP contribution in [-0.2, 0) is 22.6 Å². The number of benzene rings is 2. The second-order valence-electron chi connectivity index (χ2n) is 9.37. The molecule has 2 aromatic rings. The van der Waals surface area contributed by atoms with Crippen molar-refractivity contribution in [1.29, 1.82) is 0 Å². The molecule has 0 amide bonds. The fourth-order valence-electron chi connectivity index (χ4n) is 4.19. The normalized spacial score (nSPS) is 18.5. The number of ether oxygens (including phenoxy) is 2.